The fourth-order valence-electron chi connectivity index (χ4n) is 1.90. The Morgan fingerprint density at radius 2 is 2.00 bits per heavy atom. The normalized spacial score (nSPS) is 12.2. The van der Waals surface area contributed by atoms with Crippen molar-refractivity contribution in [2.24, 2.45) is 5.92 Å². The van der Waals surface area contributed by atoms with Gasteiger partial charge in [0.05, 0.1) is 17.0 Å². The molecule has 6 heteroatoms. The van der Waals surface area contributed by atoms with Gasteiger partial charge in [0.2, 0.25) is 0 Å². The molecule has 1 unspecified atom stereocenters. The van der Waals surface area contributed by atoms with Crippen LogP contribution in [0.3, 0.4) is 0 Å². The van der Waals surface area contributed by atoms with Gasteiger partial charge in [-0.1, -0.05) is 20.8 Å². The molecule has 6 nitrogen and oxygen atoms in total. The van der Waals surface area contributed by atoms with Gasteiger partial charge in [-0.2, -0.15) is 10.2 Å². The Kier molecular flexibility index (Phi) is 5.61. The van der Waals surface area contributed by atoms with E-state index in [9.17, 15) is 9.59 Å². The topological polar surface area (TPSA) is 92.2 Å². The van der Waals surface area contributed by atoms with Crippen LogP contribution in [0.5, 0.6) is 0 Å². The van der Waals surface area contributed by atoms with Gasteiger partial charge in [-0.05, 0) is 31.7 Å². The van der Waals surface area contributed by atoms with Crippen molar-refractivity contribution < 1.29 is 14.7 Å². The Morgan fingerprint density at radius 3 is 2.50 bits per heavy atom. The highest BCUT2D eigenvalue weighted by Gasteiger charge is 2.23. The van der Waals surface area contributed by atoms with E-state index in [1.165, 1.54) is 0 Å². The SMILES string of the molecule is CCc1nnc(C)cc1C(=O)NC(CC(C)C)C(=O)O. The first kappa shape index (κ1) is 16.1. The van der Waals surface area contributed by atoms with E-state index < -0.39 is 17.9 Å². The van der Waals surface area contributed by atoms with Gasteiger partial charge in [-0.25, -0.2) is 4.79 Å². The molecule has 1 aromatic heterocycles. The third-order valence-corrected chi connectivity index (χ3v) is 2.88. The summed E-state index contributed by atoms with van der Waals surface area (Å²) in [5.74, 6) is -1.25. The summed E-state index contributed by atoms with van der Waals surface area (Å²) < 4.78 is 0. The second-order valence-corrected chi connectivity index (χ2v) is 5.19. The van der Waals surface area contributed by atoms with Crippen molar-refractivity contribution in [1.82, 2.24) is 15.5 Å². The van der Waals surface area contributed by atoms with E-state index >= 15 is 0 Å². The van der Waals surface area contributed by atoms with Crippen LogP contribution in [-0.2, 0) is 11.2 Å². The summed E-state index contributed by atoms with van der Waals surface area (Å²) in [6.07, 6.45) is 0.956. The summed E-state index contributed by atoms with van der Waals surface area (Å²) in [4.78, 5) is 23.4. The zero-order valence-corrected chi connectivity index (χ0v) is 12.3. The number of carbonyl (C=O) groups excluding carboxylic acids is 1. The van der Waals surface area contributed by atoms with Crippen LogP contribution in [0, 0.1) is 12.8 Å². The number of nitrogens with one attached hydrogen (secondary N) is 1. The first-order valence-electron chi connectivity index (χ1n) is 6.72. The summed E-state index contributed by atoms with van der Waals surface area (Å²) in [6, 6.07) is 0.746. The highest BCUT2D eigenvalue weighted by molar-refractivity contribution is 5.97. The molecular weight excluding hydrogens is 258 g/mol. The van der Waals surface area contributed by atoms with Gasteiger partial charge in [-0.15, -0.1) is 0 Å². The van der Waals surface area contributed by atoms with Crippen LogP contribution in [0.4, 0.5) is 0 Å². The highest BCUT2D eigenvalue weighted by atomic mass is 16.4. The van der Waals surface area contributed by atoms with Crippen molar-refractivity contribution >= 4 is 11.9 Å². The first-order valence-corrected chi connectivity index (χ1v) is 6.72. The largest absolute Gasteiger partial charge is 0.480 e. The van der Waals surface area contributed by atoms with Crippen LogP contribution in [0.25, 0.3) is 0 Å². The van der Waals surface area contributed by atoms with Crippen molar-refractivity contribution in [3.63, 3.8) is 0 Å². The fraction of sp³-hybridized carbons (Fsp3) is 0.571. The van der Waals surface area contributed by atoms with Gasteiger partial charge in [0.15, 0.2) is 0 Å². The fourth-order valence-corrected chi connectivity index (χ4v) is 1.90. The van der Waals surface area contributed by atoms with E-state index in [4.69, 9.17) is 5.11 Å². The minimum Gasteiger partial charge on any atom is -0.480 e. The maximum absolute atomic E-state index is 12.2. The molecule has 0 bridgehead atoms. The lowest BCUT2D eigenvalue weighted by Crippen LogP contribution is -2.42. The van der Waals surface area contributed by atoms with E-state index in [1.807, 2.05) is 20.8 Å². The first-order chi connectivity index (χ1) is 9.35. The molecule has 20 heavy (non-hydrogen) atoms. The van der Waals surface area contributed by atoms with Crippen molar-refractivity contribution in [3.05, 3.63) is 23.0 Å². The summed E-state index contributed by atoms with van der Waals surface area (Å²) in [6.45, 7) is 7.44. The molecule has 0 saturated carbocycles. The highest BCUT2D eigenvalue weighted by Crippen LogP contribution is 2.10. The number of carbonyl (C=O) groups is 2. The maximum atomic E-state index is 12.2. The Hall–Kier alpha value is -1.98. The lowest BCUT2D eigenvalue weighted by atomic mass is 10.0. The number of aliphatic carboxylic acids is 1. The number of carboxylic acids is 1. The van der Waals surface area contributed by atoms with Crippen LogP contribution in [0.1, 0.15) is 48.9 Å². The second-order valence-electron chi connectivity index (χ2n) is 5.19. The zero-order valence-electron chi connectivity index (χ0n) is 12.3. The summed E-state index contributed by atoms with van der Waals surface area (Å²) in [5.41, 5.74) is 1.60. The lowest BCUT2D eigenvalue weighted by Gasteiger charge is -2.17. The summed E-state index contributed by atoms with van der Waals surface area (Å²) >= 11 is 0. The number of aryl methyl sites for hydroxylation is 2. The predicted molar refractivity (Wildman–Crippen MR) is 74.5 cm³/mol. The predicted octanol–water partition coefficient (Wildman–Crippen LogP) is 1.58. The van der Waals surface area contributed by atoms with Crippen LogP contribution in [0.15, 0.2) is 6.07 Å². The quantitative estimate of drug-likeness (QED) is 0.824. The number of aromatic nitrogens is 2. The molecule has 0 saturated heterocycles. The van der Waals surface area contributed by atoms with Gasteiger partial charge in [0, 0.05) is 0 Å². The van der Waals surface area contributed by atoms with E-state index in [1.54, 1.807) is 13.0 Å². The van der Waals surface area contributed by atoms with Crippen LogP contribution in [-0.4, -0.2) is 33.2 Å². The number of amides is 1. The molecule has 1 amide bonds. The molecule has 1 atom stereocenters. The van der Waals surface area contributed by atoms with Gasteiger partial charge >= 0.3 is 5.97 Å². The molecule has 0 aromatic carbocycles. The molecule has 0 aliphatic carbocycles. The molecule has 0 fully saturated rings. The average Bonchev–Trinajstić information content (AvgIpc) is 2.37. The third-order valence-electron chi connectivity index (χ3n) is 2.88. The second kappa shape index (κ2) is 6.98. The number of hydrogen-bond donors (Lipinski definition) is 2. The van der Waals surface area contributed by atoms with E-state index in [0.29, 0.717) is 29.8 Å². The standard InChI is InChI=1S/C14H21N3O3/c1-5-11-10(7-9(4)16-17-11)13(18)15-12(14(19)20)6-8(2)3/h7-8,12H,5-6H2,1-4H3,(H,15,18)(H,19,20). The summed E-state index contributed by atoms with van der Waals surface area (Å²) in [5, 5.41) is 19.6. The Labute approximate surface area is 118 Å². The van der Waals surface area contributed by atoms with Crippen LogP contribution in [0.2, 0.25) is 0 Å². The number of hydrogen-bond acceptors (Lipinski definition) is 4. The van der Waals surface area contributed by atoms with Crippen molar-refractivity contribution in [2.75, 3.05) is 0 Å². The minimum absolute atomic E-state index is 0.180. The number of nitrogens with zero attached hydrogens (tertiary/aromatic N) is 2. The molecule has 0 radical (unpaired) electrons. The molecule has 0 spiro atoms. The van der Waals surface area contributed by atoms with Gasteiger partial charge < -0.3 is 10.4 Å². The molecular formula is C14H21N3O3. The Bertz CT molecular complexity index is 500. The summed E-state index contributed by atoms with van der Waals surface area (Å²) in [7, 11) is 0. The molecule has 1 rings (SSSR count). The number of rotatable bonds is 6. The average molecular weight is 279 g/mol. The molecule has 1 heterocycles. The van der Waals surface area contributed by atoms with Gasteiger partial charge in [0.1, 0.15) is 6.04 Å². The molecule has 110 valence electrons. The molecule has 0 aliphatic rings. The van der Waals surface area contributed by atoms with E-state index in [2.05, 4.69) is 15.5 Å². The maximum Gasteiger partial charge on any atom is 0.326 e. The molecule has 2 N–H and O–H groups in total. The molecule has 0 aliphatic heterocycles. The van der Waals surface area contributed by atoms with Crippen LogP contribution >= 0.6 is 0 Å². The van der Waals surface area contributed by atoms with E-state index in [0.717, 1.165) is 0 Å². The van der Waals surface area contributed by atoms with Crippen LogP contribution < -0.4 is 5.32 Å². The molecule has 1 aromatic rings. The van der Waals surface area contributed by atoms with E-state index in [-0.39, 0.29) is 5.92 Å². The van der Waals surface area contributed by atoms with Crippen molar-refractivity contribution in [3.8, 4) is 0 Å². The van der Waals surface area contributed by atoms with Crippen molar-refractivity contribution in [1.29, 1.82) is 0 Å². The number of carboxylic acid groups (broad SMARTS) is 1. The Balaban J connectivity index is 2.94. The third kappa shape index (κ3) is 4.29. The minimum atomic E-state index is -1.02. The smallest absolute Gasteiger partial charge is 0.326 e. The Morgan fingerprint density at radius 1 is 1.35 bits per heavy atom. The lowest BCUT2D eigenvalue weighted by molar-refractivity contribution is -0.139. The van der Waals surface area contributed by atoms with Crippen molar-refractivity contribution in [2.45, 2.75) is 46.6 Å². The monoisotopic (exact) mass is 279 g/mol. The van der Waals surface area contributed by atoms with Gasteiger partial charge in [0.25, 0.3) is 5.91 Å². The van der Waals surface area contributed by atoms with Gasteiger partial charge in [-0.3, -0.25) is 4.79 Å². The zero-order chi connectivity index (χ0) is 15.3.